The summed E-state index contributed by atoms with van der Waals surface area (Å²) < 4.78 is 5.43. The molecule has 0 atom stereocenters. The number of hydrogen-bond acceptors (Lipinski definition) is 5. The van der Waals surface area contributed by atoms with Crippen LogP contribution in [0.5, 0.6) is 6.01 Å². The third kappa shape index (κ3) is 3.49. The molecule has 0 aliphatic carbocycles. The molecule has 88 valence electrons. The van der Waals surface area contributed by atoms with E-state index in [1.165, 1.54) is 0 Å². The molecule has 0 spiro atoms. The summed E-state index contributed by atoms with van der Waals surface area (Å²) in [6.07, 6.45) is 4.14. The highest BCUT2D eigenvalue weighted by Gasteiger charge is 1.99. The normalized spacial score (nSPS) is 10.2. The van der Waals surface area contributed by atoms with E-state index in [0.29, 0.717) is 19.2 Å². The van der Waals surface area contributed by atoms with Gasteiger partial charge in [-0.3, -0.25) is 4.98 Å². The first-order valence-corrected chi connectivity index (χ1v) is 5.43. The molecule has 0 saturated carbocycles. The molecule has 0 radical (unpaired) electrons. The smallest absolute Gasteiger partial charge is 0.316 e. The van der Waals surface area contributed by atoms with Crippen LogP contribution in [0.3, 0.4) is 0 Å². The van der Waals surface area contributed by atoms with E-state index in [4.69, 9.17) is 10.5 Å². The predicted molar refractivity (Wildman–Crippen MR) is 63.4 cm³/mol. The van der Waals surface area contributed by atoms with Crippen LogP contribution in [-0.2, 0) is 13.0 Å². The van der Waals surface area contributed by atoms with E-state index in [2.05, 4.69) is 15.0 Å². The molecule has 0 aliphatic rings. The monoisotopic (exact) mass is 230 g/mol. The lowest BCUT2D eigenvalue weighted by Crippen LogP contribution is -2.07. The summed E-state index contributed by atoms with van der Waals surface area (Å²) in [5.74, 6) is 0. The Kier molecular flexibility index (Phi) is 3.99. The first-order valence-electron chi connectivity index (χ1n) is 5.43. The van der Waals surface area contributed by atoms with E-state index in [-0.39, 0.29) is 0 Å². The maximum atomic E-state index is 5.48. The van der Waals surface area contributed by atoms with Crippen molar-refractivity contribution in [2.24, 2.45) is 5.73 Å². The number of hydrogen-bond donors (Lipinski definition) is 1. The average molecular weight is 230 g/mol. The Hall–Kier alpha value is -2.01. The molecule has 17 heavy (non-hydrogen) atoms. The number of ether oxygens (including phenoxy) is 1. The van der Waals surface area contributed by atoms with Gasteiger partial charge in [-0.1, -0.05) is 6.07 Å². The lowest BCUT2D eigenvalue weighted by atomic mass is 10.3. The summed E-state index contributed by atoms with van der Waals surface area (Å²) in [6.45, 7) is 0.893. The Balaban J connectivity index is 1.86. The van der Waals surface area contributed by atoms with Crippen LogP contribution in [0.25, 0.3) is 0 Å². The van der Waals surface area contributed by atoms with Crippen molar-refractivity contribution in [3.63, 3.8) is 0 Å². The Morgan fingerprint density at radius 2 is 2.00 bits per heavy atom. The van der Waals surface area contributed by atoms with Crippen LogP contribution in [-0.4, -0.2) is 21.6 Å². The molecule has 0 aromatic carbocycles. The van der Waals surface area contributed by atoms with E-state index >= 15 is 0 Å². The number of nitrogens with two attached hydrogens (primary N) is 1. The number of nitrogens with zero attached hydrogens (tertiary/aromatic N) is 3. The van der Waals surface area contributed by atoms with Gasteiger partial charge in [-0.2, -0.15) is 4.98 Å². The van der Waals surface area contributed by atoms with Gasteiger partial charge in [-0.05, 0) is 18.2 Å². The largest absolute Gasteiger partial charge is 0.463 e. The number of rotatable bonds is 5. The first-order chi connectivity index (χ1) is 8.38. The van der Waals surface area contributed by atoms with Gasteiger partial charge >= 0.3 is 6.01 Å². The van der Waals surface area contributed by atoms with Crippen LogP contribution >= 0.6 is 0 Å². The van der Waals surface area contributed by atoms with E-state index in [1.54, 1.807) is 18.5 Å². The molecule has 5 heteroatoms. The minimum atomic E-state index is 0.365. The van der Waals surface area contributed by atoms with Crippen molar-refractivity contribution in [1.82, 2.24) is 15.0 Å². The van der Waals surface area contributed by atoms with Gasteiger partial charge in [0.15, 0.2) is 0 Å². The van der Waals surface area contributed by atoms with Gasteiger partial charge in [0.05, 0.1) is 12.3 Å². The quantitative estimate of drug-likeness (QED) is 0.827. The second kappa shape index (κ2) is 5.91. The van der Waals surface area contributed by atoms with Gasteiger partial charge in [0, 0.05) is 31.1 Å². The van der Waals surface area contributed by atoms with Crippen molar-refractivity contribution in [3.05, 3.63) is 48.0 Å². The van der Waals surface area contributed by atoms with Gasteiger partial charge in [-0.25, -0.2) is 4.98 Å². The fraction of sp³-hybridized carbons (Fsp3) is 0.250. The highest BCUT2D eigenvalue weighted by molar-refractivity contribution is 5.06. The molecule has 0 unspecified atom stereocenters. The number of aromatic nitrogens is 3. The topological polar surface area (TPSA) is 73.9 Å². The van der Waals surface area contributed by atoms with Crippen molar-refractivity contribution < 1.29 is 4.74 Å². The Morgan fingerprint density at radius 3 is 2.76 bits per heavy atom. The molecule has 2 rings (SSSR count). The number of pyridine rings is 1. The van der Waals surface area contributed by atoms with Crippen LogP contribution in [0.15, 0.2) is 36.7 Å². The van der Waals surface area contributed by atoms with E-state index < -0.39 is 0 Å². The van der Waals surface area contributed by atoms with Crippen LogP contribution in [0.1, 0.15) is 11.4 Å². The third-order valence-corrected chi connectivity index (χ3v) is 2.22. The predicted octanol–water partition coefficient (Wildman–Crippen LogP) is 0.952. The van der Waals surface area contributed by atoms with E-state index in [0.717, 1.165) is 17.8 Å². The van der Waals surface area contributed by atoms with Crippen molar-refractivity contribution in [2.45, 2.75) is 13.0 Å². The molecular weight excluding hydrogens is 216 g/mol. The fourth-order valence-electron chi connectivity index (χ4n) is 1.35. The minimum absolute atomic E-state index is 0.365. The molecule has 0 aliphatic heterocycles. The fourth-order valence-corrected chi connectivity index (χ4v) is 1.35. The summed E-state index contributed by atoms with van der Waals surface area (Å²) in [5.41, 5.74) is 7.24. The third-order valence-electron chi connectivity index (χ3n) is 2.22. The summed E-state index contributed by atoms with van der Waals surface area (Å²) in [6, 6.07) is 7.93. The van der Waals surface area contributed by atoms with Gasteiger partial charge in [0.25, 0.3) is 0 Å². The highest BCUT2D eigenvalue weighted by atomic mass is 16.5. The highest BCUT2D eigenvalue weighted by Crippen LogP contribution is 2.03. The molecule has 0 fully saturated rings. The molecule has 5 nitrogen and oxygen atoms in total. The molecule has 2 aromatic rings. The summed E-state index contributed by atoms with van der Waals surface area (Å²) in [7, 11) is 0. The zero-order valence-corrected chi connectivity index (χ0v) is 9.41. The second-order valence-corrected chi connectivity index (χ2v) is 3.45. The molecule has 2 heterocycles. The maximum absolute atomic E-state index is 5.48. The SMILES string of the molecule is NCc1ccnc(OCCc2ccccn2)n1. The van der Waals surface area contributed by atoms with Crippen LogP contribution in [0.4, 0.5) is 0 Å². The minimum Gasteiger partial charge on any atom is -0.463 e. The molecule has 0 bridgehead atoms. The second-order valence-electron chi connectivity index (χ2n) is 3.45. The van der Waals surface area contributed by atoms with Crippen molar-refractivity contribution in [3.8, 4) is 6.01 Å². The Labute approximate surface area is 99.7 Å². The van der Waals surface area contributed by atoms with Crippen LogP contribution in [0.2, 0.25) is 0 Å². The summed E-state index contributed by atoms with van der Waals surface area (Å²) >= 11 is 0. The lowest BCUT2D eigenvalue weighted by Gasteiger charge is -2.04. The van der Waals surface area contributed by atoms with E-state index in [9.17, 15) is 0 Å². The van der Waals surface area contributed by atoms with Crippen LogP contribution < -0.4 is 10.5 Å². The first kappa shape index (κ1) is 11.5. The standard InChI is InChI=1S/C12H14N4O/c13-9-11-4-7-15-12(16-11)17-8-5-10-3-1-2-6-14-10/h1-4,6-7H,5,8-9,13H2. The average Bonchev–Trinajstić information content (AvgIpc) is 2.40. The lowest BCUT2D eigenvalue weighted by molar-refractivity contribution is 0.294. The van der Waals surface area contributed by atoms with Gasteiger partial charge in [0.1, 0.15) is 0 Å². The Bertz CT molecular complexity index is 461. The van der Waals surface area contributed by atoms with Crippen molar-refractivity contribution in [1.29, 1.82) is 0 Å². The van der Waals surface area contributed by atoms with Crippen molar-refractivity contribution in [2.75, 3.05) is 6.61 Å². The Morgan fingerprint density at radius 1 is 1.06 bits per heavy atom. The zero-order chi connectivity index (χ0) is 11.9. The van der Waals surface area contributed by atoms with Gasteiger partial charge in [0.2, 0.25) is 0 Å². The maximum Gasteiger partial charge on any atom is 0.316 e. The zero-order valence-electron chi connectivity index (χ0n) is 9.41. The van der Waals surface area contributed by atoms with Crippen molar-refractivity contribution >= 4 is 0 Å². The molecule has 0 amide bonds. The van der Waals surface area contributed by atoms with Crippen LogP contribution in [0, 0.1) is 0 Å². The molecule has 2 N–H and O–H groups in total. The summed E-state index contributed by atoms with van der Waals surface area (Å²) in [5, 5.41) is 0. The summed E-state index contributed by atoms with van der Waals surface area (Å²) in [4.78, 5) is 12.4. The van der Waals surface area contributed by atoms with E-state index in [1.807, 2.05) is 18.2 Å². The van der Waals surface area contributed by atoms with Gasteiger partial charge in [-0.15, -0.1) is 0 Å². The molecular formula is C12H14N4O. The van der Waals surface area contributed by atoms with Gasteiger partial charge < -0.3 is 10.5 Å². The molecule has 2 aromatic heterocycles. The molecule has 0 saturated heterocycles.